The summed E-state index contributed by atoms with van der Waals surface area (Å²) in [5, 5.41) is 7.11. The van der Waals surface area contributed by atoms with Gasteiger partial charge in [0.25, 0.3) is 5.91 Å². The van der Waals surface area contributed by atoms with Gasteiger partial charge in [0.05, 0.1) is 10.6 Å². The predicted molar refractivity (Wildman–Crippen MR) is 94.7 cm³/mol. The quantitative estimate of drug-likeness (QED) is 0.451. The summed E-state index contributed by atoms with van der Waals surface area (Å²) in [7, 11) is -3.76. The molecular weight excluding hydrogens is 414 g/mol. The fraction of sp³-hybridized carbons (Fsp3) is 0. The summed E-state index contributed by atoms with van der Waals surface area (Å²) in [6, 6.07) is 11.2. The van der Waals surface area contributed by atoms with Crippen LogP contribution in [0.3, 0.4) is 0 Å². The van der Waals surface area contributed by atoms with Crippen molar-refractivity contribution in [1.82, 2.24) is 16.3 Å². The molecule has 0 aliphatic carbocycles. The lowest BCUT2D eigenvalue weighted by molar-refractivity contribution is 0.0963. The summed E-state index contributed by atoms with van der Waals surface area (Å²) in [6.07, 6.45) is 0. The first kappa shape index (κ1) is 18.9. The summed E-state index contributed by atoms with van der Waals surface area (Å²) < 4.78 is 23.1. The van der Waals surface area contributed by atoms with Crippen molar-refractivity contribution in [1.29, 1.82) is 0 Å². The van der Waals surface area contributed by atoms with E-state index in [1.165, 1.54) is 24.3 Å². The Hall–Kier alpha value is -2.47. The van der Waals surface area contributed by atoms with Gasteiger partial charge in [0.15, 0.2) is 0 Å². The number of nitrogens with two attached hydrogens (primary N) is 1. The van der Waals surface area contributed by atoms with Gasteiger partial charge in [-0.05, 0) is 48.5 Å². The molecule has 0 heterocycles. The topological polar surface area (TPSA) is 142 Å². The van der Waals surface area contributed by atoms with Gasteiger partial charge in [0, 0.05) is 10.0 Å². The number of imide groups is 1. The van der Waals surface area contributed by atoms with Gasteiger partial charge in [-0.15, -0.1) is 5.53 Å². The third-order valence-electron chi connectivity index (χ3n) is 2.90. The second-order valence-electron chi connectivity index (χ2n) is 4.73. The van der Waals surface area contributed by atoms with E-state index in [2.05, 4.69) is 37.6 Å². The highest BCUT2D eigenvalue weighted by atomic mass is 79.9. The van der Waals surface area contributed by atoms with Crippen LogP contribution in [0.15, 0.2) is 57.9 Å². The largest absolute Gasteiger partial charge is 0.337 e. The molecule has 2 aromatic rings. The number of carbonyl (C=O) groups excluding carboxylic acids is 2. The summed E-state index contributed by atoms with van der Waals surface area (Å²) in [5.41, 5.74) is 7.97. The van der Waals surface area contributed by atoms with Gasteiger partial charge in [0.1, 0.15) is 0 Å². The first-order valence-electron chi connectivity index (χ1n) is 6.76. The van der Waals surface area contributed by atoms with Crippen molar-refractivity contribution < 1.29 is 18.0 Å². The van der Waals surface area contributed by atoms with E-state index in [0.29, 0.717) is 11.3 Å². The van der Waals surface area contributed by atoms with Crippen LogP contribution >= 0.6 is 15.9 Å². The van der Waals surface area contributed by atoms with Crippen molar-refractivity contribution in [3.63, 3.8) is 0 Å². The normalized spacial score (nSPS) is 10.8. The van der Waals surface area contributed by atoms with Gasteiger partial charge in [-0.2, -0.15) is 0 Å². The lowest BCUT2D eigenvalue weighted by atomic mass is 10.2. The molecule has 0 radical (unpaired) electrons. The number of rotatable bonds is 5. The van der Waals surface area contributed by atoms with Crippen LogP contribution in [-0.4, -0.2) is 20.4 Å². The molecule has 0 saturated carbocycles. The van der Waals surface area contributed by atoms with E-state index in [1.807, 2.05) is 0 Å². The number of benzene rings is 2. The van der Waals surface area contributed by atoms with E-state index >= 15 is 0 Å². The standard InChI is InChI=1S/C14H14BrN5O4S/c15-10-3-1-9(2-4-10)13(21)17-14(22)19-20-18-11-5-7-12(8-6-11)25(16,23)24/h1-8,18,20H,(H2,16,23,24)(H2,17,19,21,22). The van der Waals surface area contributed by atoms with Gasteiger partial charge >= 0.3 is 6.03 Å². The van der Waals surface area contributed by atoms with Crippen LogP contribution in [0.2, 0.25) is 0 Å². The Bertz CT molecular complexity index is 869. The average molecular weight is 428 g/mol. The number of amides is 3. The van der Waals surface area contributed by atoms with Gasteiger partial charge < -0.3 is 5.43 Å². The van der Waals surface area contributed by atoms with Crippen LogP contribution in [0.5, 0.6) is 0 Å². The Morgan fingerprint density at radius 2 is 1.56 bits per heavy atom. The highest BCUT2D eigenvalue weighted by Crippen LogP contribution is 2.11. The van der Waals surface area contributed by atoms with Crippen molar-refractivity contribution in [3.05, 3.63) is 58.6 Å². The SMILES string of the molecule is NS(=O)(=O)c1ccc(NNNC(=O)NC(=O)c2ccc(Br)cc2)cc1. The van der Waals surface area contributed by atoms with E-state index in [9.17, 15) is 18.0 Å². The molecule has 2 rings (SSSR count). The number of urea groups is 1. The zero-order valence-electron chi connectivity index (χ0n) is 12.6. The predicted octanol–water partition coefficient (Wildman–Crippen LogP) is 1.07. The van der Waals surface area contributed by atoms with Gasteiger partial charge in [-0.1, -0.05) is 15.9 Å². The molecule has 0 unspecified atom stereocenters. The lowest BCUT2D eigenvalue weighted by Gasteiger charge is -2.10. The average Bonchev–Trinajstić information content (AvgIpc) is 2.55. The summed E-state index contributed by atoms with van der Waals surface area (Å²) >= 11 is 3.25. The minimum atomic E-state index is -3.76. The third-order valence-corrected chi connectivity index (χ3v) is 4.36. The van der Waals surface area contributed by atoms with Crippen LogP contribution < -0.4 is 26.8 Å². The van der Waals surface area contributed by atoms with E-state index in [1.54, 1.807) is 24.3 Å². The Morgan fingerprint density at radius 1 is 0.960 bits per heavy atom. The van der Waals surface area contributed by atoms with Crippen LogP contribution in [-0.2, 0) is 10.0 Å². The van der Waals surface area contributed by atoms with Crippen LogP contribution in [0.1, 0.15) is 10.4 Å². The fourth-order valence-corrected chi connectivity index (χ4v) is 2.48. The smallest absolute Gasteiger partial charge is 0.304 e. The first-order chi connectivity index (χ1) is 11.8. The molecule has 0 saturated heterocycles. The maximum atomic E-state index is 11.8. The van der Waals surface area contributed by atoms with Crippen molar-refractivity contribution in [2.24, 2.45) is 5.14 Å². The van der Waals surface area contributed by atoms with Crippen molar-refractivity contribution in [2.75, 3.05) is 5.43 Å². The molecule has 0 bridgehead atoms. The van der Waals surface area contributed by atoms with E-state index in [4.69, 9.17) is 5.14 Å². The molecule has 0 atom stereocenters. The molecule has 0 spiro atoms. The van der Waals surface area contributed by atoms with Crippen molar-refractivity contribution >= 4 is 43.6 Å². The third kappa shape index (κ3) is 5.83. The highest BCUT2D eigenvalue weighted by molar-refractivity contribution is 9.10. The number of nitrogens with one attached hydrogen (secondary N) is 4. The zero-order chi connectivity index (χ0) is 18.4. The highest BCUT2D eigenvalue weighted by Gasteiger charge is 2.10. The maximum absolute atomic E-state index is 11.8. The molecule has 9 nitrogen and oxygen atoms in total. The Balaban J connectivity index is 1.80. The van der Waals surface area contributed by atoms with E-state index in [0.717, 1.165) is 4.47 Å². The van der Waals surface area contributed by atoms with Crippen molar-refractivity contribution in [3.8, 4) is 0 Å². The van der Waals surface area contributed by atoms with E-state index in [-0.39, 0.29) is 4.90 Å². The summed E-state index contributed by atoms with van der Waals surface area (Å²) in [6.45, 7) is 0. The Labute approximate surface area is 152 Å². The molecule has 0 fully saturated rings. The fourth-order valence-electron chi connectivity index (χ4n) is 1.70. The molecule has 132 valence electrons. The number of sulfonamides is 1. The van der Waals surface area contributed by atoms with Crippen molar-refractivity contribution in [2.45, 2.75) is 4.90 Å². The zero-order valence-corrected chi connectivity index (χ0v) is 15.0. The number of hydrogen-bond donors (Lipinski definition) is 5. The number of carbonyl (C=O) groups is 2. The minimum absolute atomic E-state index is 0.0381. The molecular formula is C14H14BrN5O4S. The van der Waals surface area contributed by atoms with Gasteiger partial charge in [-0.25, -0.2) is 18.4 Å². The van der Waals surface area contributed by atoms with E-state index < -0.39 is 22.0 Å². The molecule has 3 amide bonds. The number of primary sulfonamides is 1. The number of hydrazine groups is 2. The molecule has 0 aliphatic heterocycles. The number of hydrogen-bond acceptors (Lipinski definition) is 6. The molecule has 0 aliphatic rings. The van der Waals surface area contributed by atoms with Gasteiger partial charge in [-0.3, -0.25) is 15.5 Å². The maximum Gasteiger partial charge on any atom is 0.337 e. The Kier molecular flexibility index (Phi) is 6.09. The summed E-state index contributed by atoms with van der Waals surface area (Å²) in [5.74, 6) is -0.565. The molecule has 2 aromatic carbocycles. The number of halogens is 1. The second-order valence-corrected chi connectivity index (χ2v) is 7.21. The van der Waals surface area contributed by atoms with Crippen LogP contribution in [0.25, 0.3) is 0 Å². The lowest BCUT2D eigenvalue weighted by Crippen LogP contribution is -2.48. The second kappa shape index (κ2) is 8.07. The minimum Gasteiger partial charge on any atom is -0.304 e. The van der Waals surface area contributed by atoms with Crippen LogP contribution in [0.4, 0.5) is 10.5 Å². The first-order valence-corrected chi connectivity index (χ1v) is 9.10. The number of anilines is 1. The molecule has 6 N–H and O–H groups in total. The molecule has 0 aromatic heterocycles. The van der Waals surface area contributed by atoms with Crippen LogP contribution in [0, 0.1) is 0 Å². The molecule has 11 heteroatoms. The molecule has 25 heavy (non-hydrogen) atoms. The summed E-state index contributed by atoms with van der Waals surface area (Å²) in [4.78, 5) is 23.4. The van der Waals surface area contributed by atoms with Gasteiger partial charge in [0.2, 0.25) is 10.0 Å². The Morgan fingerprint density at radius 3 is 2.12 bits per heavy atom. The monoisotopic (exact) mass is 427 g/mol.